The average molecular weight is 506 g/mol. The molecule has 4 rings (SSSR count). The molecular weight excluding hydrogens is 458 g/mol. The molecule has 2 N–H and O–H groups in total. The number of aliphatic hydroxyl groups is 1. The van der Waals surface area contributed by atoms with Crippen molar-refractivity contribution < 1.29 is 29.0 Å². The van der Waals surface area contributed by atoms with Crippen molar-refractivity contribution in [3.05, 3.63) is 0 Å². The first-order valence-electron chi connectivity index (χ1n) is 14.3. The Morgan fingerprint density at radius 1 is 1.08 bits per heavy atom. The third-order valence-electron chi connectivity index (χ3n) is 11.2. The van der Waals surface area contributed by atoms with Crippen LogP contribution in [0, 0.1) is 46.3 Å². The Morgan fingerprint density at radius 3 is 2.53 bits per heavy atom. The van der Waals surface area contributed by atoms with E-state index in [1.165, 1.54) is 6.42 Å². The Bertz CT molecular complexity index is 818. The van der Waals surface area contributed by atoms with Gasteiger partial charge in [0.2, 0.25) is 5.91 Å². The SMILES string of the molecule is CCOC(=O)CNC(=O)CC[C@@H](C)[C@H]1CC[C@H]2[C@@H]3[C@H](OC=O)C[C@@H]4C[C@H](O)CC[C@]4(C)[C@H]3CC[C@]12C. The van der Waals surface area contributed by atoms with Gasteiger partial charge in [-0.25, -0.2) is 0 Å². The van der Waals surface area contributed by atoms with E-state index in [1.54, 1.807) is 6.92 Å². The van der Waals surface area contributed by atoms with Crippen LogP contribution in [-0.4, -0.2) is 48.8 Å². The minimum atomic E-state index is -0.398. The first kappa shape index (κ1) is 27.4. The zero-order chi connectivity index (χ0) is 26.1. The number of carbonyl (C=O) groups is 3. The Labute approximate surface area is 216 Å². The van der Waals surface area contributed by atoms with Crippen LogP contribution in [0.4, 0.5) is 0 Å². The quantitative estimate of drug-likeness (QED) is 0.359. The summed E-state index contributed by atoms with van der Waals surface area (Å²) in [4.78, 5) is 35.4. The number of hydrogen-bond donors (Lipinski definition) is 2. The van der Waals surface area contributed by atoms with Gasteiger partial charge in [-0.15, -0.1) is 0 Å². The number of ether oxygens (including phenoxy) is 2. The smallest absolute Gasteiger partial charge is 0.325 e. The Hall–Kier alpha value is -1.63. The monoisotopic (exact) mass is 505 g/mol. The number of amides is 1. The first-order valence-corrected chi connectivity index (χ1v) is 14.3. The summed E-state index contributed by atoms with van der Waals surface area (Å²) >= 11 is 0. The summed E-state index contributed by atoms with van der Waals surface area (Å²) in [6.45, 7) is 9.84. The van der Waals surface area contributed by atoms with E-state index in [-0.39, 0.29) is 35.5 Å². The lowest BCUT2D eigenvalue weighted by atomic mass is 9.43. The van der Waals surface area contributed by atoms with Crippen LogP contribution in [0.3, 0.4) is 0 Å². The van der Waals surface area contributed by atoms with E-state index in [4.69, 9.17) is 9.47 Å². The highest BCUT2D eigenvalue weighted by Crippen LogP contribution is 2.68. The van der Waals surface area contributed by atoms with Crippen LogP contribution in [-0.2, 0) is 23.9 Å². The number of rotatable bonds is 9. The molecule has 10 atom stereocenters. The van der Waals surface area contributed by atoms with Crippen molar-refractivity contribution in [1.82, 2.24) is 5.32 Å². The second kappa shape index (κ2) is 11.0. The van der Waals surface area contributed by atoms with Gasteiger partial charge >= 0.3 is 5.97 Å². The molecule has 0 radical (unpaired) electrons. The molecule has 4 fully saturated rings. The summed E-state index contributed by atoms with van der Waals surface area (Å²) in [5, 5.41) is 13.1. The van der Waals surface area contributed by atoms with E-state index in [2.05, 4.69) is 26.1 Å². The van der Waals surface area contributed by atoms with Crippen LogP contribution in [0.2, 0.25) is 0 Å². The molecule has 4 aliphatic rings. The van der Waals surface area contributed by atoms with Crippen molar-refractivity contribution in [2.75, 3.05) is 13.2 Å². The summed E-state index contributed by atoms with van der Waals surface area (Å²) in [6.07, 6.45) is 9.26. The fourth-order valence-electron chi connectivity index (χ4n) is 9.40. The number of fused-ring (bicyclic) bond motifs is 5. The van der Waals surface area contributed by atoms with Crippen LogP contribution in [0.5, 0.6) is 0 Å². The van der Waals surface area contributed by atoms with Crippen molar-refractivity contribution >= 4 is 18.3 Å². The molecule has 0 saturated heterocycles. The summed E-state index contributed by atoms with van der Waals surface area (Å²) in [5.41, 5.74) is 0.401. The third-order valence-corrected chi connectivity index (χ3v) is 11.2. The van der Waals surface area contributed by atoms with Gasteiger partial charge in [0.25, 0.3) is 6.47 Å². The molecule has 0 heterocycles. The topological polar surface area (TPSA) is 102 Å². The van der Waals surface area contributed by atoms with Crippen molar-refractivity contribution in [2.45, 2.75) is 104 Å². The zero-order valence-corrected chi connectivity index (χ0v) is 22.7. The lowest BCUT2D eigenvalue weighted by Crippen LogP contribution is -2.59. The molecule has 0 aromatic rings. The average Bonchev–Trinajstić information content (AvgIpc) is 3.19. The van der Waals surface area contributed by atoms with Crippen LogP contribution in [0.1, 0.15) is 91.9 Å². The minimum absolute atomic E-state index is 0.0526. The molecule has 204 valence electrons. The van der Waals surface area contributed by atoms with Crippen molar-refractivity contribution in [3.63, 3.8) is 0 Å². The van der Waals surface area contributed by atoms with E-state index >= 15 is 0 Å². The fourth-order valence-corrected chi connectivity index (χ4v) is 9.40. The number of carbonyl (C=O) groups excluding carboxylic acids is 3. The molecule has 4 aliphatic carbocycles. The highest BCUT2D eigenvalue weighted by molar-refractivity contribution is 5.81. The first-order chi connectivity index (χ1) is 17.1. The Kier molecular flexibility index (Phi) is 8.38. The van der Waals surface area contributed by atoms with Gasteiger partial charge < -0.3 is 19.9 Å². The minimum Gasteiger partial charge on any atom is -0.465 e. The summed E-state index contributed by atoms with van der Waals surface area (Å²) in [7, 11) is 0. The third kappa shape index (κ3) is 5.06. The highest BCUT2D eigenvalue weighted by atomic mass is 16.5. The number of nitrogens with one attached hydrogen (secondary N) is 1. The molecule has 1 amide bonds. The molecule has 0 bridgehead atoms. The molecule has 0 aromatic heterocycles. The zero-order valence-electron chi connectivity index (χ0n) is 22.7. The largest absolute Gasteiger partial charge is 0.465 e. The molecule has 0 aromatic carbocycles. The fraction of sp³-hybridized carbons (Fsp3) is 0.897. The van der Waals surface area contributed by atoms with Crippen molar-refractivity contribution in [3.8, 4) is 0 Å². The summed E-state index contributed by atoms with van der Waals surface area (Å²) in [5.74, 6) is 2.32. The Balaban J connectivity index is 1.43. The van der Waals surface area contributed by atoms with Crippen LogP contribution in [0.25, 0.3) is 0 Å². The maximum atomic E-state index is 12.3. The van der Waals surface area contributed by atoms with E-state index in [9.17, 15) is 19.5 Å². The Morgan fingerprint density at radius 2 is 1.81 bits per heavy atom. The molecule has 0 unspecified atom stereocenters. The van der Waals surface area contributed by atoms with E-state index in [0.29, 0.717) is 55.0 Å². The molecule has 7 nitrogen and oxygen atoms in total. The van der Waals surface area contributed by atoms with E-state index in [1.807, 2.05) is 0 Å². The second-order valence-electron chi connectivity index (χ2n) is 12.8. The van der Waals surface area contributed by atoms with Gasteiger partial charge in [-0.3, -0.25) is 14.4 Å². The van der Waals surface area contributed by atoms with Gasteiger partial charge in [-0.1, -0.05) is 20.8 Å². The number of esters is 1. The lowest BCUT2D eigenvalue weighted by Gasteiger charge is -2.62. The van der Waals surface area contributed by atoms with Crippen LogP contribution in [0.15, 0.2) is 0 Å². The normalized spacial score (nSPS) is 42.3. The molecule has 4 saturated carbocycles. The molecule has 0 aliphatic heterocycles. The maximum absolute atomic E-state index is 12.3. The molecule has 36 heavy (non-hydrogen) atoms. The lowest BCUT2D eigenvalue weighted by molar-refractivity contribution is -0.187. The van der Waals surface area contributed by atoms with Gasteiger partial charge in [0.05, 0.1) is 12.7 Å². The van der Waals surface area contributed by atoms with E-state index < -0.39 is 5.97 Å². The predicted molar refractivity (Wildman–Crippen MR) is 136 cm³/mol. The van der Waals surface area contributed by atoms with Crippen molar-refractivity contribution in [1.29, 1.82) is 0 Å². The van der Waals surface area contributed by atoms with Gasteiger partial charge in [0.15, 0.2) is 0 Å². The van der Waals surface area contributed by atoms with E-state index in [0.717, 1.165) is 51.4 Å². The number of hydrogen-bond acceptors (Lipinski definition) is 6. The maximum Gasteiger partial charge on any atom is 0.325 e. The summed E-state index contributed by atoms with van der Waals surface area (Å²) in [6, 6.07) is 0. The summed E-state index contributed by atoms with van der Waals surface area (Å²) < 4.78 is 10.7. The standard InChI is InChI=1S/C29H47NO6/c1-5-35-26(34)16-30-25(33)9-6-18(2)21-7-8-22-27-23(11-13-29(21,22)4)28(3)12-10-20(32)14-19(28)15-24(27)36-17-31/h17-24,27,32H,5-16H2,1-4H3,(H,30,33)/t18-,19+,20-,21-,22+,23+,24-,27+,28+,29-/m1/s1. The molecular formula is C29H47NO6. The van der Waals surface area contributed by atoms with Gasteiger partial charge in [0.1, 0.15) is 12.6 Å². The number of aliphatic hydroxyl groups excluding tert-OH is 1. The highest BCUT2D eigenvalue weighted by Gasteiger charge is 2.63. The second-order valence-corrected chi connectivity index (χ2v) is 12.8. The molecule has 0 spiro atoms. The van der Waals surface area contributed by atoms with Crippen molar-refractivity contribution in [2.24, 2.45) is 46.3 Å². The van der Waals surface area contributed by atoms with Gasteiger partial charge in [-0.2, -0.15) is 0 Å². The predicted octanol–water partition coefficient (Wildman–Crippen LogP) is 4.25. The van der Waals surface area contributed by atoms with Crippen LogP contribution >= 0.6 is 0 Å². The van der Waals surface area contributed by atoms with Gasteiger partial charge in [0, 0.05) is 12.3 Å². The van der Waals surface area contributed by atoms with Crippen LogP contribution < -0.4 is 5.32 Å². The molecule has 7 heteroatoms. The van der Waals surface area contributed by atoms with Gasteiger partial charge in [-0.05, 0) is 105 Å².